The fraction of sp³-hybridized carbons (Fsp3) is 0.200. The zero-order valence-electron chi connectivity index (χ0n) is 17.7. The highest BCUT2D eigenvalue weighted by molar-refractivity contribution is 6.23. The van der Waals surface area contributed by atoms with Gasteiger partial charge in [0, 0.05) is 0 Å². The molecule has 2 fully saturated rings. The highest BCUT2D eigenvalue weighted by Gasteiger charge is 2.60. The number of carbonyl (C=O) groups is 2. The molecular weight excluding hydrogens is 430 g/mol. The van der Waals surface area contributed by atoms with Crippen molar-refractivity contribution in [2.24, 2.45) is 5.92 Å². The number of rotatable bonds is 5. The van der Waals surface area contributed by atoms with Crippen molar-refractivity contribution in [3.63, 3.8) is 0 Å². The Morgan fingerprint density at radius 1 is 0.879 bits per heavy atom. The first-order chi connectivity index (χ1) is 16.0. The summed E-state index contributed by atoms with van der Waals surface area (Å²) in [4.78, 5) is 33.9. The Hall–Kier alpha value is -3.78. The summed E-state index contributed by atoms with van der Waals surface area (Å²) in [5.41, 5.74) is 1.32. The van der Waals surface area contributed by atoms with Gasteiger partial charge in [0.1, 0.15) is 11.7 Å². The molecule has 3 atom stereocenters. The Kier molecular flexibility index (Phi) is 5.30. The Labute approximate surface area is 188 Å². The zero-order chi connectivity index (χ0) is 23.1. The molecule has 0 saturated carbocycles. The Morgan fingerprint density at radius 2 is 1.61 bits per heavy atom. The second-order valence-corrected chi connectivity index (χ2v) is 7.77. The van der Waals surface area contributed by atoms with Crippen molar-refractivity contribution in [1.82, 2.24) is 0 Å². The average Bonchev–Trinajstić information content (AvgIpc) is 3.33. The number of fused-ring (bicyclic) bond motifs is 1. The lowest BCUT2D eigenvalue weighted by Gasteiger charge is -2.28. The SMILES string of the molecule is CCOc1ccc(N2C(=O)[C@@H]3[C@H](ON(c4ccccc4)[C@H]3c3ccc(F)c(F)c3)C2=O)cc1. The number of hydrogen-bond donors (Lipinski definition) is 0. The van der Waals surface area contributed by atoms with Crippen molar-refractivity contribution in [2.45, 2.75) is 19.1 Å². The summed E-state index contributed by atoms with van der Waals surface area (Å²) in [6.45, 7) is 2.35. The number of ether oxygens (including phenoxy) is 1. The van der Waals surface area contributed by atoms with E-state index in [-0.39, 0.29) is 0 Å². The third-order valence-electron chi connectivity index (χ3n) is 5.82. The first kappa shape index (κ1) is 21.1. The number of anilines is 2. The van der Waals surface area contributed by atoms with Crippen molar-refractivity contribution in [3.8, 4) is 5.75 Å². The number of hydroxylamine groups is 1. The van der Waals surface area contributed by atoms with Gasteiger partial charge in [0.05, 0.1) is 24.0 Å². The largest absolute Gasteiger partial charge is 0.494 e. The van der Waals surface area contributed by atoms with Crippen molar-refractivity contribution < 1.29 is 27.9 Å². The van der Waals surface area contributed by atoms with Crippen molar-refractivity contribution in [3.05, 3.63) is 90.0 Å². The first-order valence-corrected chi connectivity index (χ1v) is 10.6. The standard InChI is InChI=1S/C25H20F2N2O4/c1-2-32-18-11-9-16(10-12-18)28-24(30)21-22(15-8-13-19(26)20(27)14-15)29(33-23(21)25(28)31)17-6-4-3-5-7-17/h3-14,21-23H,2H2,1H3/t21-,22-,23-/m0/s1. The van der Waals surface area contributed by atoms with Crippen LogP contribution in [0.25, 0.3) is 0 Å². The van der Waals surface area contributed by atoms with E-state index in [9.17, 15) is 18.4 Å². The summed E-state index contributed by atoms with van der Waals surface area (Å²) < 4.78 is 33.2. The molecule has 33 heavy (non-hydrogen) atoms. The fourth-order valence-corrected chi connectivity index (χ4v) is 4.36. The number of amides is 2. The number of nitrogens with zero attached hydrogens (tertiary/aromatic N) is 2. The lowest BCUT2D eigenvalue weighted by atomic mass is 9.90. The molecule has 0 unspecified atom stereocenters. The predicted molar refractivity (Wildman–Crippen MR) is 116 cm³/mol. The van der Waals surface area contributed by atoms with Gasteiger partial charge in [-0.3, -0.25) is 14.4 Å². The summed E-state index contributed by atoms with van der Waals surface area (Å²) in [6, 6.07) is 18.1. The maximum atomic E-state index is 14.1. The Balaban J connectivity index is 1.55. The molecule has 0 N–H and O–H groups in total. The van der Waals surface area contributed by atoms with Gasteiger partial charge in [-0.15, -0.1) is 0 Å². The van der Waals surface area contributed by atoms with Gasteiger partial charge in [-0.2, -0.15) is 0 Å². The molecule has 3 aromatic rings. The minimum absolute atomic E-state index is 0.333. The van der Waals surface area contributed by atoms with E-state index in [1.807, 2.05) is 13.0 Å². The average molecular weight is 450 g/mol. The number of benzene rings is 3. The molecule has 0 radical (unpaired) electrons. The summed E-state index contributed by atoms with van der Waals surface area (Å²) in [5, 5.41) is 1.44. The molecule has 168 valence electrons. The van der Waals surface area contributed by atoms with Crippen LogP contribution in [-0.4, -0.2) is 24.5 Å². The van der Waals surface area contributed by atoms with E-state index in [1.54, 1.807) is 48.5 Å². The van der Waals surface area contributed by atoms with Crippen LogP contribution in [0.3, 0.4) is 0 Å². The van der Waals surface area contributed by atoms with Gasteiger partial charge in [-0.25, -0.2) is 18.7 Å². The van der Waals surface area contributed by atoms with Crippen LogP contribution >= 0.6 is 0 Å². The molecular formula is C25H20F2N2O4. The second-order valence-electron chi connectivity index (χ2n) is 7.77. The molecule has 2 aliphatic rings. The second kappa shape index (κ2) is 8.29. The molecule has 2 heterocycles. The molecule has 2 aliphatic heterocycles. The first-order valence-electron chi connectivity index (χ1n) is 10.6. The number of carbonyl (C=O) groups excluding carboxylic acids is 2. The number of hydrogen-bond acceptors (Lipinski definition) is 5. The summed E-state index contributed by atoms with van der Waals surface area (Å²) in [7, 11) is 0. The lowest BCUT2D eigenvalue weighted by Crippen LogP contribution is -2.37. The van der Waals surface area contributed by atoms with E-state index >= 15 is 0 Å². The number of para-hydroxylation sites is 1. The minimum Gasteiger partial charge on any atom is -0.494 e. The minimum atomic E-state index is -1.10. The smallest absolute Gasteiger partial charge is 0.266 e. The molecule has 5 rings (SSSR count). The monoisotopic (exact) mass is 450 g/mol. The van der Waals surface area contributed by atoms with Crippen LogP contribution in [0.4, 0.5) is 20.2 Å². The van der Waals surface area contributed by atoms with Gasteiger partial charge in [-0.05, 0) is 61.0 Å². The Morgan fingerprint density at radius 3 is 2.27 bits per heavy atom. The van der Waals surface area contributed by atoms with Crippen molar-refractivity contribution in [1.29, 1.82) is 0 Å². The van der Waals surface area contributed by atoms with E-state index in [4.69, 9.17) is 9.57 Å². The van der Waals surface area contributed by atoms with Gasteiger partial charge >= 0.3 is 0 Å². The van der Waals surface area contributed by atoms with Gasteiger partial charge < -0.3 is 4.74 Å². The zero-order valence-corrected chi connectivity index (χ0v) is 17.7. The van der Waals surface area contributed by atoms with Gasteiger partial charge in [0.2, 0.25) is 5.91 Å². The molecule has 0 aliphatic carbocycles. The third-order valence-corrected chi connectivity index (χ3v) is 5.82. The molecule has 6 nitrogen and oxygen atoms in total. The molecule has 2 saturated heterocycles. The van der Waals surface area contributed by atoms with Crippen LogP contribution in [0.5, 0.6) is 5.75 Å². The maximum absolute atomic E-state index is 14.1. The highest BCUT2D eigenvalue weighted by Crippen LogP contribution is 2.47. The van der Waals surface area contributed by atoms with Crippen LogP contribution in [0.2, 0.25) is 0 Å². The van der Waals surface area contributed by atoms with E-state index in [1.165, 1.54) is 11.1 Å². The van der Waals surface area contributed by atoms with Crippen LogP contribution in [-0.2, 0) is 14.4 Å². The summed E-state index contributed by atoms with van der Waals surface area (Å²) >= 11 is 0. The van der Waals surface area contributed by atoms with Gasteiger partial charge in [0.15, 0.2) is 17.7 Å². The topological polar surface area (TPSA) is 59.1 Å². The van der Waals surface area contributed by atoms with E-state index in [0.29, 0.717) is 29.3 Å². The van der Waals surface area contributed by atoms with Crippen molar-refractivity contribution >= 4 is 23.2 Å². The van der Waals surface area contributed by atoms with E-state index < -0.39 is 41.5 Å². The van der Waals surface area contributed by atoms with Crippen LogP contribution < -0.4 is 14.7 Å². The normalized spacial score (nSPS) is 22.1. The van der Waals surface area contributed by atoms with Crippen LogP contribution in [0, 0.1) is 17.6 Å². The van der Waals surface area contributed by atoms with Crippen LogP contribution in [0.15, 0.2) is 72.8 Å². The Bertz CT molecular complexity index is 1200. The van der Waals surface area contributed by atoms with Crippen LogP contribution in [0.1, 0.15) is 18.5 Å². The molecule has 2 amide bonds. The number of halogens is 2. The molecule has 3 aromatic carbocycles. The fourth-order valence-electron chi connectivity index (χ4n) is 4.36. The van der Waals surface area contributed by atoms with Gasteiger partial charge in [0.25, 0.3) is 5.91 Å². The third kappa shape index (κ3) is 3.52. The van der Waals surface area contributed by atoms with E-state index in [2.05, 4.69) is 0 Å². The van der Waals surface area contributed by atoms with E-state index in [0.717, 1.165) is 17.0 Å². The summed E-state index contributed by atoms with van der Waals surface area (Å²) in [6.07, 6.45) is -1.10. The quantitative estimate of drug-likeness (QED) is 0.539. The lowest BCUT2D eigenvalue weighted by molar-refractivity contribution is -0.126. The maximum Gasteiger partial charge on any atom is 0.266 e. The molecule has 0 spiro atoms. The molecule has 8 heteroatoms. The molecule has 0 aromatic heterocycles. The number of imide groups is 1. The summed E-state index contributed by atoms with van der Waals surface area (Å²) in [5.74, 6) is -3.34. The van der Waals surface area contributed by atoms with Crippen molar-refractivity contribution in [2.75, 3.05) is 16.6 Å². The molecule has 0 bridgehead atoms. The van der Waals surface area contributed by atoms with Gasteiger partial charge in [-0.1, -0.05) is 24.3 Å². The highest BCUT2D eigenvalue weighted by atomic mass is 19.2. The predicted octanol–water partition coefficient (Wildman–Crippen LogP) is 4.41.